The molecule has 1 N–H and O–H groups in total. The minimum atomic E-state index is -0.683. The molecule has 11 nitrogen and oxygen atoms in total. The predicted molar refractivity (Wildman–Crippen MR) is 162 cm³/mol. The van der Waals surface area contributed by atoms with E-state index in [1.54, 1.807) is 36.6 Å². The molecule has 1 aliphatic heterocycles. The Morgan fingerprint density at radius 1 is 0.881 bits per heavy atom. The number of ether oxygens (including phenoxy) is 2. The maximum Gasteiger partial charge on any atom is 0.332 e. The van der Waals surface area contributed by atoms with Gasteiger partial charge in [-0.3, -0.25) is 19.0 Å². The number of rotatable bonds is 10. The molecule has 1 aliphatic rings. The first-order valence-electron chi connectivity index (χ1n) is 13.7. The van der Waals surface area contributed by atoms with E-state index in [2.05, 4.69) is 10.2 Å². The second kappa shape index (κ2) is 12.9. The van der Waals surface area contributed by atoms with Crippen molar-refractivity contribution in [3.63, 3.8) is 0 Å². The number of nitrogens with zero attached hydrogens (tertiary/aromatic N) is 4. The minimum absolute atomic E-state index is 0.207. The quantitative estimate of drug-likeness (QED) is 0.300. The number of piperazine rings is 1. The van der Waals surface area contributed by atoms with Crippen LogP contribution in [0.3, 0.4) is 0 Å². The summed E-state index contributed by atoms with van der Waals surface area (Å²) in [6.45, 7) is 2.06. The molecule has 2 aromatic carbocycles. The van der Waals surface area contributed by atoms with E-state index in [9.17, 15) is 19.2 Å². The van der Waals surface area contributed by atoms with E-state index >= 15 is 0 Å². The number of thiophene rings is 1. The molecule has 0 unspecified atom stereocenters. The Kier molecular flexibility index (Phi) is 8.91. The predicted octanol–water partition coefficient (Wildman–Crippen LogP) is 1.95. The van der Waals surface area contributed by atoms with Gasteiger partial charge in [0, 0.05) is 38.4 Å². The largest absolute Gasteiger partial charge is 0.493 e. The molecule has 4 aromatic rings. The van der Waals surface area contributed by atoms with E-state index in [4.69, 9.17) is 9.47 Å². The van der Waals surface area contributed by atoms with E-state index in [1.165, 1.54) is 15.9 Å². The Morgan fingerprint density at radius 3 is 2.33 bits per heavy atom. The zero-order valence-electron chi connectivity index (χ0n) is 23.6. The van der Waals surface area contributed by atoms with Crippen LogP contribution in [-0.2, 0) is 29.1 Å². The van der Waals surface area contributed by atoms with Gasteiger partial charge in [0.1, 0.15) is 17.8 Å². The van der Waals surface area contributed by atoms with E-state index in [1.807, 2.05) is 42.5 Å². The van der Waals surface area contributed by atoms with Crippen molar-refractivity contribution in [2.75, 3.05) is 51.8 Å². The van der Waals surface area contributed by atoms with Crippen LogP contribution < -0.4 is 30.9 Å². The smallest absolute Gasteiger partial charge is 0.332 e. The number of carbonyl (C=O) groups excluding carboxylic acids is 2. The normalized spacial score (nSPS) is 13.3. The summed E-state index contributed by atoms with van der Waals surface area (Å²) in [6.07, 6.45) is 0.515. The van der Waals surface area contributed by atoms with Gasteiger partial charge in [-0.2, -0.15) is 0 Å². The van der Waals surface area contributed by atoms with Crippen LogP contribution in [0.1, 0.15) is 5.56 Å². The summed E-state index contributed by atoms with van der Waals surface area (Å²) in [5, 5.41) is 4.48. The number of nitrogens with one attached hydrogen (secondary N) is 1. The SMILES string of the molecule is COc1ccc(CCNC(=O)Cn2c(=O)c3sccc3n(CC(=O)N3CCN(c4ccccc4)CC3)c2=O)cc1OC. The molecule has 1 fully saturated rings. The molecule has 2 amide bonds. The molecule has 220 valence electrons. The fraction of sp³-hybridized carbons (Fsp3) is 0.333. The molecular weight excluding hydrogens is 558 g/mol. The number of anilines is 1. The maximum absolute atomic E-state index is 13.5. The first kappa shape index (κ1) is 28.9. The number of carbonyl (C=O) groups is 2. The molecule has 1 saturated heterocycles. The molecule has 2 aromatic heterocycles. The topological polar surface area (TPSA) is 115 Å². The van der Waals surface area contributed by atoms with Gasteiger partial charge in [-0.25, -0.2) is 9.36 Å². The standard InChI is InChI=1S/C30H33N5O6S/c1-40-24-9-8-21(18-25(24)41-2)10-12-31-26(36)19-35-29(38)28-23(11-17-42-28)34(30(35)39)20-27(37)33-15-13-32(14-16-33)22-6-4-3-5-7-22/h3-9,11,17-18H,10,12-16,19-20H2,1-2H3,(H,31,36). The molecule has 0 bridgehead atoms. The number of benzene rings is 2. The lowest BCUT2D eigenvalue weighted by Crippen LogP contribution is -2.51. The van der Waals surface area contributed by atoms with Crippen LogP contribution in [0.4, 0.5) is 5.69 Å². The first-order valence-corrected chi connectivity index (χ1v) is 14.5. The van der Waals surface area contributed by atoms with Crippen LogP contribution >= 0.6 is 11.3 Å². The number of methoxy groups -OCH3 is 2. The number of para-hydroxylation sites is 1. The second-order valence-electron chi connectivity index (χ2n) is 9.89. The van der Waals surface area contributed by atoms with Crippen LogP contribution in [0.25, 0.3) is 10.2 Å². The molecule has 12 heteroatoms. The Bertz CT molecular complexity index is 1690. The molecule has 0 radical (unpaired) electrons. The Hall–Kier alpha value is -4.58. The zero-order valence-corrected chi connectivity index (χ0v) is 24.4. The Balaban J connectivity index is 1.25. The van der Waals surface area contributed by atoms with Crippen molar-refractivity contribution < 1.29 is 19.1 Å². The van der Waals surface area contributed by atoms with Gasteiger partial charge in [0.15, 0.2) is 11.5 Å². The molecule has 5 rings (SSSR count). The van der Waals surface area contributed by atoms with Crippen molar-refractivity contribution in [1.82, 2.24) is 19.4 Å². The fourth-order valence-corrected chi connectivity index (χ4v) is 5.94. The summed E-state index contributed by atoms with van der Waals surface area (Å²) in [5.41, 5.74) is 1.21. The number of fused-ring (bicyclic) bond motifs is 1. The molecule has 0 aliphatic carbocycles. The highest BCUT2D eigenvalue weighted by Crippen LogP contribution is 2.27. The summed E-state index contributed by atoms with van der Waals surface area (Å²) in [6, 6.07) is 17.2. The summed E-state index contributed by atoms with van der Waals surface area (Å²) < 4.78 is 13.1. The number of hydrogen-bond acceptors (Lipinski definition) is 8. The minimum Gasteiger partial charge on any atom is -0.493 e. The van der Waals surface area contributed by atoms with Crippen molar-refractivity contribution >= 4 is 39.1 Å². The highest BCUT2D eigenvalue weighted by molar-refractivity contribution is 7.17. The average Bonchev–Trinajstić information content (AvgIpc) is 3.52. The highest BCUT2D eigenvalue weighted by Gasteiger charge is 2.24. The van der Waals surface area contributed by atoms with Crippen LogP contribution in [0.5, 0.6) is 11.5 Å². The van der Waals surface area contributed by atoms with E-state index in [0.717, 1.165) is 15.8 Å². The Labute approximate surface area is 246 Å². The van der Waals surface area contributed by atoms with Gasteiger partial charge in [0.25, 0.3) is 5.56 Å². The third kappa shape index (κ3) is 6.18. The van der Waals surface area contributed by atoms with E-state index in [-0.39, 0.29) is 12.5 Å². The van der Waals surface area contributed by atoms with Gasteiger partial charge >= 0.3 is 5.69 Å². The third-order valence-corrected chi connectivity index (χ3v) is 8.26. The van der Waals surface area contributed by atoms with Crippen LogP contribution in [0.15, 0.2) is 69.6 Å². The van der Waals surface area contributed by atoms with Gasteiger partial charge in [-0.1, -0.05) is 24.3 Å². The molecular formula is C30H33N5O6S. The van der Waals surface area contributed by atoms with Crippen LogP contribution in [-0.4, -0.2) is 72.8 Å². The molecule has 3 heterocycles. The van der Waals surface area contributed by atoms with Crippen molar-refractivity contribution in [3.8, 4) is 11.5 Å². The zero-order chi connectivity index (χ0) is 29.6. The number of hydrogen-bond donors (Lipinski definition) is 1. The summed E-state index contributed by atoms with van der Waals surface area (Å²) in [7, 11) is 3.11. The van der Waals surface area contributed by atoms with E-state index in [0.29, 0.717) is 60.9 Å². The maximum atomic E-state index is 13.5. The van der Waals surface area contributed by atoms with Crippen molar-refractivity contribution in [2.24, 2.45) is 0 Å². The summed E-state index contributed by atoms with van der Waals surface area (Å²) in [4.78, 5) is 56.6. The van der Waals surface area contributed by atoms with Crippen molar-refractivity contribution in [2.45, 2.75) is 19.5 Å². The average molecular weight is 592 g/mol. The highest BCUT2D eigenvalue weighted by atomic mass is 32.1. The lowest BCUT2D eigenvalue weighted by Gasteiger charge is -2.36. The molecule has 0 saturated carbocycles. The molecule has 42 heavy (non-hydrogen) atoms. The Morgan fingerprint density at radius 2 is 1.62 bits per heavy atom. The number of aromatic nitrogens is 2. The van der Waals surface area contributed by atoms with Gasteiger partial charge in [0.05, 0.1) is 19.7 Å². The van der Waals surface area contributed by atoms with E-state index < -0.39 is 23.7 Å². The van der Waals surface area contributed by atoms with Crippen LogP contribution in [0.2, 0.25) is 0 Å². The summed E-state index contributed by atoms with van der Waals surface area (Å²) >= 11 is 1.18. The first-order chi connectivity index (χ1) is 20.4. The molecule has 0 spiro atoms. The lowest BCUT2D eigenvalue weighted by atomic mass is 10.1. The van der Waals surface area contributed by atoms with Gasteiger partial charge in [-0.15, -0.1) is 11.3 Å². The van der Waals surface area contributed by atoms with Crippen molar-refractivity contribution in [3.05, 3.63) is 86.4 Å². The monoisotopic (exact) mass is 591 g/mol. The second-order valence-corrected chi connectivity index (χ2v) is 10.8. The third-order valence-electron chi connectivity index (χ3n) is 7.37. The van der Waals surface area contributed by atoms with Crippen molar-refractivity contribution in [1.29, 1.82) is 0 Å². The lowest BCUT2D eigenvalue weighted by molar-refractivity contribution is -0.132. The van der Waals surface area contributed by atoms with Crippen LogP contribution in [0, 0.1) is 0 Å². The summed E-state index contributed by atoms with van der Waals surface area (Å²) in [5.74, 6) is 0.519. The fourth-order valence-electron chi connectivity index (χ4n) is 5.10. The molecule has 0 atom stereocenters. The van der Waals surface area contributed by atoms with Gasteiger partial charge < -0.3 is 24.6 Å². The van der Waals surface area contributed by atoms with Gasteiger partial charge in [0.2, 0.25) is 11.8 Å². The number of amides is 2. The van der Waals surface area contributed by atoms with Gasteiger partial charge in [-0.05, 0) is 47.7 Å².